The first kappa shape index (κ1) is 21.6. The summed E-state index contributed by atoms with van der Waals surface area (Å²) in [4.78, 5) is 26.1. The summed E-state index contributed by atoms with van der Waals surface area (Å²) in [6.45, 7) is 5.44. The number of amides is 2. The molecule has 1 saturated heterocycles. The lowest BCUT2D eigenvalue weighted by Gasteiger charge is -2.31. The van der Waals surface area contributed by atoms with Gasteiger partial charge < -0.3 is 15.2 Å². The largest absolute Gasteiger partial charge is 0.489 e. The van der Waals surface area contributed by atoms with E-state index in [1.807, 2.05) is 12.1 Å². The van der Waals surface area contributed by atoms with Crippen LogP contribution >= 0.6 is 0 Å². The monoisotopic (exact) mass is 414 g/mol. The Labute approximate surface area is 175 Å². The van der Waals surface area contributed by atoms with Crippen molar-refractivity contribution in [2.75, 3.05) is 0 Å². The SMILES string of the molecule is CC(C)(C)OC(=O)N1[C@@H](C(N)=O)CC[C@H]1c1ccc(OCc2ccccc2F)cc1. The third kappa shape index (κ3) is 5.09. The summed E-state index contributed by atoms with van der Waals surface area (Å²) in [7, 11) is 0. The molecular formula is C23H27FN2O4. The van der Waals surface area contributed by atoms with Crippen molar-refractivity contribution in [1.29, 1.82) is 0 Å². The smallest absolute Gasteiger partial charge is 0.411 e. The van der Waals surface area contributed by atoms with Crippen molar-refractivity contribution in [3.63, 3.8) is 0 Å². The van der Waals surface area contributed by atoms with Crippen LogP contribution in [0.2, 0.25) is 0 Å². The van der Waals surface area contributed by atoms with Crippen molar-refractivity contribution >= 4 is 12.0 Å². The molecule has 30 heavy (non-hydrogen) atoms. The van der Waals surface area contributed by atoms with E-state index in [-0.39, 0.29) is 18.5 Å². The number of likely N-dealkylation sites (tertiary alicyclic amines) is 1. The van der Waals surface area contributed by atoms with Crippen LogP contribution in [0.3, 0.4) is 0 Å². The van der Waals surface area contributed by atoms with Gasteiger partial charge in [0, 0.05) is 5.56 Å². The van der Waals surface area contributed by atoms with Crippen molar-refractivity contribution in [3.8, 4) is 5.75 Å². The lowest BCUT2D eigenvalue weighted by Crippen LogP contribution is -2.46. The topological polar surface area (TPSA) is 81.9 Å². The molecule has 2 amide bonds. The molecule has 2 aromatic carbocycles. The zero-order valence-electron chi connectivity index (χ0n) is 17.4. The first-order chi connectivity index (χ1) is 14.2. The minimum Gasteiger partial charge on any atom is -0.489 e. The Hall–Kier alpha value is -3.09. The number of halogens is 1. The first-order valence-electron chi connectivity index (χ1n) is 9.92. The fourth-order valence-electron chi connectivity index (χ4n) is 3.55. The van der Waals surface area contributed by atoms with E-state index in [1.54, 1.807) is 51.1 Å². The maximum absolute atomic E-state index is 13.7. The molecule has 7 heteroatoms. The van der Waals surface area contributed by atoms with Gasteiger partial charge >= 0.3 is 6.09 Å². The Morgan fingerprint density at radius 2 is 1.77 bits per heavy atom. The maximum atomic E-state index is 13.7. The Bertz CT molecular complexity index is 908. The van der Waals surface area contributed by atoms with Crippen molar-refractivity contribution < 1.29 is 23.5 Å². The average Bonchev–Trinajstić information content (AvgIpc) is 3.12. The van der Waals surface area contributed by atoms with Gasteiger partial charge in [-0.15, -0.1) is 0 Å². The number of benzene rings is 2. The van der Waals surface area contributed by atoms with E-state index in [9.17, 15) is 14.0 Å². The third-order valence-electron chi connectivity index (χ3n) is 4.93. The summed E-state index contributed by atoms with van der Waals surface area (Å²) in [6, 6.07) is 12.6. The molecular weight excluding hydrogens is 387 g/mol. The Balaban J connectivity index is 1.74. The molecule has 2 N–H and O–H groups in total. The highest BCUT2D eigenvalue weighted by Crippen LogP contribution is 2.37. The zero-order valence-corrected chi connectivity index (χ0v) is 17.4. The number of primary amides is 1. The predicted molar refractivity (Wildman–Crippen MR) is 110 cm³/mol. The van der Waals surface area contributed by atoms with E-state index in [4.69, 9.17) is 15.2 Å². The second-order valence-electron chi connectivity index (χ2n) is 8.35. The van der Waals surface area contributed by atoms with Gasteiger partial charge in [0.1, 0.15) is 29.8 Å². The summed E-state index contributed by atoms with van der Waals surface area (Å²) in [5, 5.41) is 0. The number of nitrogens with two attached hydrogens (primary N) is 1. The summed E-state index contributed by atoms with van der Waals surface area (Å²) in [5.41, 5.74) is 6.16. The highest BCUT2D eigenvalue weighted by atomic mass is 19.1. The molecule has 1 aliphatic rings. The molecule has 3 rings (SSSR count). The van der Waals surface area contributed by atoms with Gasteiger partial charge in [0.15, 0.2) is 0 Å². The number of rotatable bonds is 5. The van der Waals surface area contributed by atoms with Gasteiger partial charge in [-0.25, -0.2) is 9.18 Å². The molecule has 0 saturated carbocycles. The fraction of sp³-hybridized carbons (Fsp3) is 0.391. The average molecular weight is 414 g/mol. The van der Waals surface area contributed by atoms with Crippen molar-refractivity contribution in [1.82, 2.24) is 4.90 Å². The maximum Gasteiger partial charge on any atom is 0.411 e. The Morgan fingerprint density at radius 3 is 2.37 bits per heavy atom. The van der Waals surface area contributed by atoms with Crippen LogP contribution in [0.25, 0.3) is 0 Å². The molecule has 1 heterocycles. The highest BCUT2D eigenvalue weighted by molar-refractivity contribution is 5.85. The number of carbonyl (C=O) groups is 2. The molecule has 2 aromatic rings. The molecule has 0 radical (unpaired) electrons. The van der Waals surface area contributed by atoms with E-state index in [0.717, 1.165) is 5.56 Å². The molecule has 1 aliphatic heterocycles. The second-order valence-corrected chi connectivity index (χ2v) is 8.35. The van der Waals surface area contributed by atoms with E-state index in [2.05, 4.69) is 0 Å². The predicted octanol–water partition coefficient (Wildman–Crippen LogP) is 4.33. The highest BCUT2D eigenvalue weighted by Gasteiger charge is 2.42. The fourth-order valence-corrected chi connectivity index (χ4v) is 3.55. The molecule has 0 spiro atoms. The van der Waals surface area contributed by atoms with Crippen LogP contribution in [-0.2, 0) is 16.1 Å². The van der Waals surface area contributed by atoms with Crippen LogP contribution in [0.15, 0.2) is 48.5 Å². The van der Waals surface area contributed by atoms with Gasteiger partial charge in [-0.1, -0.05) is 30.3 Å². The molecule has 1 fully saturated rings. The molecule has 0 unspecified atom stereocenters. The van der Waals surface area contributed by atoms with Gasteiger partial charge in [0.05, 0.1) is 6.04 Å². The van der Waals surface area contributed by atoms with Crippen molar-refractivity contribution in [2.45, 2.75) is 57.9 Å². The lowest BCUT2D eigenvalue weighted by atomic mass is 10.0. The minimum absolute atomic E-state index is 0.114. The minimum atomic E-state index is -0.707. The van der Waals surface area contributed by atoms with Crippen molar-refractivity contribution in [2.24, 2.45) is 5.73 Å². The Morgan fingerprint density at radius 1 is 1.10 bits per heavy atom. The number of nitrogens with zero attached hydrogens (tertiary/aromatic N) is 1. The molecule has 0 aliphatic carbocycles. The number of ether oxygens (including phenoxy) is 2. The molecule has 0 aromatic heterocycles. The van der Waals surface area contributed by atoms with Gasteiger partial charge in [-0.2, -0.15) is 0 Å². The molecule has 0 bridgehead atoms. The van der Waals surface area contributed by atoms with Crippen LogP contribution in [0.1, 0.15) is 50.8 Å². The van der Waals surface area contributed by atoms with Crippen LogP contribution in [0.5, 0.6) is 5.75 Å². The van der Waals surface area contributed by atoms with Gasteiger partial charge in [0.2, 0.25) is 5.91 Å². The lowest BCUT2D eigenvalue weighted by molar-refractivity contribution is -0.122. The van der Waals surface area contributed by atoms with Crippen LogP contribution in [0, 0.1) is 5.82 Å². The standard InChI is InChI=1S/C23H27FN2O4/c1-23(2,3)30-22(28)26-19(12-13-20(26)21(25)27)15-8-10-17(11-9-15)29-14-16-6-4-5-7-18(16)24/h4-11,19-20H,12-14H2,1-3H3,(H2,25,27)/t19-,20+/m0/s1. The summed E-state index contributed by atoms with van der Waals surface area (Å²) in [5.74, 6) is -0.283. The van der Waals surface area contributed by atoms with Crippen molar-refractivity contribution in [3.05, 3.63) is 65.5 Å². The number of hydrogen-bond donors (Lipinski definition) is 1. The van der Waals surface area contributed by atoms with E-state index >= 15 is 0 Å². The third-order valence-corrected chi connectivity index (χ3v) is 4.93. The Kier molecular flexibility index (Phi) is 6.29. The number of carbonyl (C=O) groups excluding carboxylic acids is 2. The molecule has 2 atom stereocenters. The van der Waals surface area contributed by atoms with Gasteiger partial charge in [-0.05, 0) is 57.4 Å². The van der Waals surface area contributed by atoms with Crippen LogP contribution in [-0.4, -0.2) is 28.5 Å². The quantitative estimate of drug-likeness (QED) is 0.790. The van der Waals surface area contributed by atoms with Gasteiger partial charge in [-0.3, -0.25) is 9.69 Å². The summed E-state index contributed by atoms with van der Waals surface area (Å²) >= 11 is 0. The first-order valence-corrected chi connectivity index (χ1v) is 9.92. The van der Waals surface area contributed by atoms with Gasteiger partial charge in [0.25, 0.3) is 0 Å². The van der Waals surface area contributed by atoms with E-state index < -0.39 is 23.6 Å². The van der Waals surface area contributed by atoms with Crippen LogP contribution in [0.4, 0.5) is 9.18 Å². The summed E-state index contributed by atoms with van der Waals surface area (Å²) < 4.78 is 24.9. The molecule has 160 valence electrons. The zero-order chi connectivity index (χ0) is 21.9. The second kappa shape index (κ2) is 8.73. The van der Waals surface area contributed by atoms with E-state index in [1.165, 1.54) is 11.0 Å². The van der Waals surface area contributed by atoms with E-state index in [0.29, 0.717) is 24.2 Å². The molecule has 6 nitrogen and oxygen atoms in total. The van der Waals surface area contributed by atoms with Crippen LogP contribution < -0.4 is 10.5 Å². The summed E-state index contributed by atoms with van der Waals surface area (Å²) in [6.07, 6.45) is 0.515. The normalized spacial score (nSPS) is 18.9. The number of hydrogen-bond acceptors (Lipinski definition) is 4.